The Hall–Kier alpha value is -0.940. The minimum atomic E-state index is -0.436. The van der Waals surface area contributed by atoms with E-state index in [9.17, 15) is 10.1 Å². The molecule has 1 fully saturated rings. The van der Waals surface area contributed by atoms with Gasteiger partial charge in [-0.3, -0.25) is 10.1 Å². The molecule has 6 heteroatoms. The van der Waals surface area contributed by atoms with Crippen LogP contribution in [0.5, 0.6) is 0 Å². The van der Waals surface area contributed by atoms with Gasteiger partial charge in [-0.15, -0.1) is 0 Å². The molecule has 18 heavy (non-hydrogen) atoms. The van der Waals surface area contributed by atoms with Crippen LogP contribution in [0.1, 0.15) is 12.8 Å². The third-order valence-electron chi connectivity index (χ3n) is 3.09. The van der Waals surface area contributed by atoms with Crippen LogP contribution in [0.2, 0.25) is 5.02 Å². The number of thioether (sulfide) groups is 1. The first-order valence-corrected chi connectivity index (χ1v) is 7.45. The van der Waals surface area contributed by atoms with Gasteiger partial charge in [0.1, 0.15) is 0 Å². The van der Waals surface area contributed by atoms with Crippen LogP contribution in [0.25, 0.3) is 0 Å². The summed E-state index contributed by atoms with van der Waals surface area (Å²) in [5, 5.41) is 14.3. The summed E-state index contributed by atoms with van der Waals surface area (Å²) in [7, 11) is 0. The molecule has 0 amide bonds. The van der Waals surface area contributed by atoms with Gasteiger partial charge in [0.15, 0.2) is 0 Å². The predicted octanol–water partition coefficient (Wildman–Crippen LogP) is 3.80. The van der Waals surface area contributed by atoms with E-state index >= 15 is 0 Å². The normalized spacial score (nSPS) is 16.5. The first-order valence-electron chi connectivity index (χ1n) is 5.92. The van der Waals surface area contributed by atoms with Gasteiger partial charge >= 0.3 is 0 Å². The van der Waals surface area contributed by atoms with E-state index in [1.807, 2.05) is 11.8 Å². The van der Waals surface area contributed by atoms with E-state index in [4.69, 9.17) is 11.6 Å². The molecule has 1 aliphatic rings. The van der Waals surface area contributed by atoms with E-state index in [-0.39, 0.29) is 5.69 Å². The van der Waals surface area contributed by atoms with Crippen molar-refractivity contribution in [1.82, 2.24) is 0 Å². The van der Waals surface area contributed by atoms with Crippen LogP contribution in [-0.2, 0) is 0 Å². The number of halogens is 1. The molecule has 0 aliphatic carbocycles. The lowest BCUT2D eigenvalue weighted by Gasteiger charge is -2.22. The summed E-state index contributed by atoms with van der Waals surface area (Å²) >= 11 is 8.02. The zero-order valence-electron chi connectivity index (χ0n) is 9.89. The van der Waals surface area contributed by atoms with Crippen molar-refractivity contribution in [3.8, 4) is 0 Å². The zero-order valence-corrected chi connectivity index (χ0v) is 11.5. The maximum Gasteiger partial charge on any atom is 0.271 e. The Kier molecular flexibility index (Phi) is 4.72. The fourth-order valence-corrected chi connectivity index (χ4v) is 3.41. The summed E-state index contributed by atoms with van der Waals surface area (Å²) in [4.78, 5) is 10.2. The van der Waals surface area contributed by atoms with Gasteiger partial charge in [0.2, 0.25) is 0 Å². The molecule has 1 aromatic carbocycles. The Bertz CT molecular complexity index is 436. The number of benzene rings is 1. The minimum Gasteiger partial charge on any atom is -0.384 e. The molecule has 1 aromatic rings. The van der Waals surface area contributed by atoms with E-state index in [1.54, 1.807) is 6.07 Å². The quantitative estimate of drug-likeness (QED) is 0.675. The fourth-order valence-electron chi connectivity index (χ4n) is 1.97. The van der Waals surface area contributed by atoms with Gasteiger partial charge in [0, 0.05) is 18.7 Å². The van der Waals surface area contributed by atoms with Gasteiger partial charge in [-0.25, -0.2) is 0 Å². The summed E-state index contributed by atoms with van der Waals surface area (Å²) in [6, 6.07) is 4.55. The minimum absolute atomic E-state index is 0.0274. The average molecular weight is 287 g/mol. The van der Waals surface area contributed by atoms with Gasteiger partial charge in [-0.1, -0.05) is 11.6 Å². The second kappa shape index (κ2) is 6.29. The second-order valence-corrected chi connectivity index (χ2v) is 5.99. The van der Waals surface area contributed by atoms with Crippen LogP contribution in [0, 0.1) is 16.0 Å². The van der Waals surface area contributed by atoms with Crippen LogP contribution in [0.15, 0.2) is 18.2 Å². The molecule has 2 rings (SSSR count). The molecule has 0 unspecified atom stereocenters. The third kappa shape index (κ3) is 3.53. The number of nitro benzene ring substituents is 1. The summed E-state index contributed by atoms with van der Waals surface area (Å²) in [5.74, 6) is 3.12. The van der Waals surface area contributed by atoms with Crippen LogP contribution in [-0.4, -0.2) is 23.0 Å². The van der Waals surface area contributed by atoms with Gasteiger partial charge in [0.05, 0.1) is 15.6 Å². The first kappa shape index (κ1) is 13.5. The molecule has 0 bridgehead atoms. The molecule has 0 spiro atoms. The monoisotopic (exact) mass is 286 g/mol. The van der Waals surface area contributed by atoms with Gasteiger partial charge in [-0.05, 0) is 36.3 Å². The largest absolute Gasteiger partial charge is 0.384 e. The molecule has 1 aliphatic heterocycles. The van der Waals surface area contributed by atoms with Crippen LogP contribution in [0.4, 0.5) is 11.4 Å². The molecule has 98 valence electrons. The highest BCUT2D eigenvalue weighted by molar-refractivity contribution is 7.99. The van der Waals surface area contributed by atoms with Crippen molar-refractivity contribution in [3.05, 3.63) is 33.3 Å². The lowest BCUT2D eigenvalue weighted by Crippen LogP contribution is -2.19. The lowest BCUT2D eigenvalue weighted by atomic mass is 10.0. The Morgan fingerprint density at radius 3 is 2.78 bits per heavy atom. The molecule has 0 atom stereocenters. The molecule has 1 heterocycles. The highest BCUT2D eigenvalue weighted by Crippen LogP contribution is 2.28. The van der Waals surface area contributed by atoms with Crippen molar-refractivity contribution in [1.29, 1.82) is 0 Å². The number of nitrogens with one attached hydrogen (secondary N) is 1. The van der Waals surface area contributed by atoms with Gasteiger partial charge in [0.25, 0.3) is 5.69 Å². The Balaban J connectivity index is 1.94. The number of anilines is 1. The molecule has 4 nitrogen and oxygen atoms in total. The van der Waals surface area contributed by atoms with Crippen molar-refractivity contribution in [2.45, 2.75) is 12.8 Å². The van der Waals surface area contributed by atoms with Crippen molar-refractivity contribution in [3.63, 3.8) is 0 Å². The third-order valence-corrected chi connectivity index (χ3v) is 4.45. The number of rotatable bonds is 4. The predicted molar refractivity (Wildman–Crippen MR) is 76.6 cm³/mol. The number of hydrogen-bond acceptors (Lipinski definition) is 4. The van der Waals surface area contributed by atoms with Crippen molar-refractivity contribution >= 4 is 34.7 Å². The van der Waals surface area contributed by atoms with Gasteiger partial charge < -0.3 is 5.32 Å². The standard InChI is InChI=1S/C12H15ClN2O2S/c13-11-7-10(15(16)17)1-2-12(11)14-8-9-3-5-18-6-4-9/h1-2,7,9,14H,3-6,8H2. The summed E-state index contributed by atoms with van der Waals surface area (Å²) in [6.45, 7) is 0.887. The van der Waals surface area contributed by atoms with E-state index < -0.39 is 4.92 Å². The SMILES string of the molecule is O=[N+]([O-])c1ccc(NCC2CCSCC2)c(Cl)c1. The number of non-ortho nitro benzene ring substituents is 1. The molecule has 1 N–H and O–H groups in total. The van der Waals surface area contributed by atoms with Crippen molar-refractivity contribution in [2.75, 3.05) is 23.4 Å². The maximum absolute atomic E-state index is 10.6. The summed E-state index contributed by atoms with van der Waals surface area (Å²) < 4.78 is 0. The van der Waals surface area contributed by atoms with Crippen LogP contribution < -0.4 is 5.32 Å². The molecule has 1 saturated heterocycles. The Morgan fingerprint density at radius 1 is 1.44 bits per heavy atom. The Labute approximate surface area is 115 Å². The van der Waals surface area contributed by atoms with Crippen molar-refractivity contribution in [2.24, 2.45) is 5.92 Å². The highest BCUT2D eigenvalue weighted by atomic mass is 35.5. The number of nitro groups is 1. The second-order valence-electron chi connectivity index (χ2n) is 4.36. The fraction of sp³-hybridized carbons (Fsp3) is 0.500. The number of hydrogen-bond donors (Lipinski definition) is 1. The van der Waals surface area contributed by atoms with E-state index in [2.05, 4.69) is 5.32 Å². The summed E-state index contributed by atoms with van der Waals surface area (Å²) in [6.07, 6.45) is 2.45. The Morgan fingerprint density at radius 2 is 2.17 bits per heavy atom. The molecular formula is C12H15ClN2O2S. The topological polar surface area (TPSA) is 55.2 Å². The van der Waals surface area contributed by atoms with Crippen molar-refractivity contribution < 1.29 is 4.92 Å². The van der Waals surface area contributed by atoms with E-state index in [0.29, 0.717) is 10.9 Å². The van der Waals surface area contributed by atoms with E-state index in [0.717, 1.165) is 12.2 Å². The molecule has 0 radical (unpaired) electrons. The maximum atomic E-state index is 10.6. The van der Waals surface area contributed by atoms with E-state index in [1.165, 1.54) is 36.5 Å². The summed E-state index contributed by atoms with van der Waals surface area (Å²) in [5.41, 5.74) is 0.806. The lowest BCUT2D eigenvalue weighted by molar-refractivity contribution is -0.384. The smallest absolute Gasteiger partial charge is 0.271 e. The molecule has 0 saturated carbocycles. The molecular weight excluding hydrogens is 272 g/mol. The number of nitrogens with zero attached hydrogens (tertiary/aromatic N) is 1. The van der Waals surface area contributed by atoms with Crippen LogP contribution in [0.3, 0.4) is 0 Å². The highest BCUT2D eigenvalue weighted by Gasteiger charge is 2.14. The van der Waals surface area contributed by atoms with Crippen LogP contribution >= 0.6 is 23.4 Å². The average Bonchev–Trinajstić information content (AvgIpc) is 2.38. The first-order chi connectivity index (χ1) is 8.66. The zero-order chi connectivity index (χ0) is 13.0. The van der Waals surface area contributed by atoms with Gasteiger partial charge in [-0.2, -0.15) is 11.8 Å². The molecule has 0 aromatic heterocycles.